The molecule has 0 saturated carbocycles. The predicted octanol–water partition coefficient (Wildman–Crippen LogP) is 1.52. The van der Waals surface area contributed by atoms with Gasteiger partial charge in [0, 0.05) is 43.3 Å². The number of carbonyl (C=O) groups excluding carboxylic acids is 2. The molecule has 3 rings (SSSR count). The topological polar surface area (TPSA) is 52.7 Å². The quantitative estimate of drug-likeness (QED) is 0.858. The van der Waals surface area contributed by atoms with Crippen molar-refractivity contribution in [2.75, 3.05) is 32.7 Å². The summed E-state index contributed by atoms with van der Waals surface area (Å²) in [6.07, 6.45) is 4.06. The first-order valence-electron chi connectivity index (χ1n) is 8.21. The highest BCUT2D eigenvalue weighted by atomic mass is 16.2. The van der Waals surface area contributed by atoms with E-state index in [-0.39, 0.29) is 11.8 Å². The number of amides is 2. The van der Waals surface area contributed by atoms with Gasteiger partial charge in [-0.1, -0.05) is 6.08 Å². The second-order valence-corrected chi connectivity index (χ2v) is 6.16. The fourth-order valence-electron chi connectivity index (χ4n) is 3.39. The lowest BCUT2D eigenvalue weighted by Gasteiger charge is -2.37. The third kappa shape index (κ3) is 3.45. The number of hydrogen-bond donors (Lipinski definition) is 1. The first-order valence-corrected chi connectivity index (χ1v) is 8.21. The molecule has 2 amide bonds. The molecule has 1 aromatic carbocycles. The lowest BCUT2D eigenvalue weighted by Crippen LogP contribution is -2.52. The van der Waals surface area contributed by atoms with Gasteiger partial charge in [0.15, 0.2) is 0 Å². The molecule has 2 fully saturated rings. The maximum atomic E-state index is 12.6. The summed E-state index contributed by atoms with van der Waals surface area (Å²) in [5, 5.41) is 2.73. The average Bonchev–Trinajstić information content (AvgIpc) is 3.06. The van der Waals surface area contributed by atoms with Gasteiger partial charge in [-0.3, -0.25) is 14.5 Å². The van der Waals surface area contributed by atoms with Crippen LogP contribution in [0.3, 0.4) is 0 Å². The number of benzene rings is 1. The van der Waals surface area contributed by atoms with Crippen molar-refractivity contribution in [3.05, 3.63) is 48.0 Å². The van der Waals surface area contributed by atoms with Gasteiger partial charge in [-0.2, -0.15) is 0 Å². The van der Waals surface area contributed by atoms with Crippen LogP contribution in [0.15, 0.2) is 36.9 Å². The van der Waals surface area contributed by atoms with E-state index in [9.17, 15) is 9.59 Å². The van der Waals surface area contributed by atoms with Crippen LogP contribution in [0.1, 0.15) is 33.6 Å². The number of piperazine rings is 1. The SMILES string of the molecule is C=CCNC(=O)c1ccc(C(=O)N2CCN3CCC[C@@H]3C2)cc1. The Bertz CT molecular complexity index is 597. The molecular formula is C18H23N3O2. The molecular weight excluding hydrogens is 290 g/mol. The summed E-state index contributed by atoms with van der Waals surface area (Å²) in [6.45, 7) is 7.75. The number of rotatable bonds is 4. The van der Waals surface area contributed by atoms with Crippen LogP contribution in [-0.4, -0.2) is 60.4 Å². The maximum Gasteiger partial charge on any atom is 0.253 e. The van der Waals surface area contributed by atoms with Crippen molar-refractivity contribution in [3.8, 4) is 0 Å². The summed E-state index contributed by atoms with van der Waals surface area (Å²) in [7, 11) is 0. The fourth-order valence-corrected chi connectivity index (χ4v) is 3.39. The van der Waals surface area contributed by atoms with Crippen LogP contribution in [0.5, 0.6) is 0 Å². The molecule has 5 nitrogen and oxygen atoms in total. The van der Waals surface area contributed by atoms with Crippen LogP contribution >= 0.6 is 0 Å². The summed E-state index contributed by atoms with van der Waals surface area (Å²) in [4.78, 5) is 28.9. The van der Waals surface area contributed by atoms with E-state index in [0.29, 0.717) is 23.7 Å². The number of hydrogen-bond acceptors (Lipinski definition) is 3. The van der Waals surface area contributed by atoms with Gasteiger partial charge in [0.05, 0.1) is 0 Å². The van der Waals surface area contributed by atoms with E-state index >= 15 is 0 Å². The number of nitrogens with one attached hydrogen (secondary N) is 1. The van der Waals surface area contributed by atoms with E-state index in [1.54, 1.807) is 30.3 Å². The zero-order valence-corrected chi connectivity index (χ0v) is 13.3. The first-order chi connectivity index (χ1) is 11.2. The van der Waals surface area contributed by atoms with E-state index in [1.807, 2.05) is 4.90 Å². The third-order valence-corrected chi connectivity index (χ3v) is 4.68. The fraction of sp³-hybridized carbons (Fsp3) is 0.444. The smallest absolute Gasteiger partial charge is 0.253 e. The second-order valence-electron chi connectivity index (χ2n) is 6.16. The molecule has 0 bridgehead atoms. The first kappa shape index (κ1) is 15.7. The summed E-state index contributed by atoms with van der Waals surface area (Å²) >= 11 is 0. The molecule has 2 aliphatic rings. The Labute approximate surface area is 137 Å². The Balaban J connectivity index is 1.63. The van der Waals surface area contributed by atoms with Gasteiger partial charge in [0.25, 0.3) is 11.8 Å². The zero-order valence-electron chi connectivity index (χ0n) is 13.3. The number of fused-ring (bicyclic) bond motifs is 1. The molecule has 0 aliphatic carbocycles. The molecule has 0 spiro atoms. The normalized spacial score (nSPS) is 20.9. The van der Waals surface area contributed by atoms with Crippen molar-refractivity contribution >= 4 is 11.8 Å². The number of nitrogens with zero attached hydrogens (tertiary/aromatic N) is 2. The van der Waals surface area contributed by atoms with Crippen LogP contribution in [0.2, 0.25) is 0 Å². The van der Waals surface area contributed by atoms with Crippen LogP contribution in [0, 0.1) is 0 Å². The molecule has 2 saturated heterocycles. The predicted molar refractivity (Wildman–Crippen MR) is 89.5 cm³/mol. The average molecular weight is 313 g/mol. The van der Waals surface area contributed by atoms with Crippen LogP contribution in [0.25, 0.3) is 0 Å². The molecule has 2 heterocycles. The van der Waals surface area contributed by atoms with Gasteiger partial charge in [-0.05, 0) is 43.7 Å². The van der Waals surface area contributed by atoms with Gasteiger partial charge in [0.1, 0.15) is 0 Å². The standard InChI is InChI=1S/C18H23N3O2/c1-2-9-19-17(22)14-5-7-15(8-6-14)18(23)21-12-11-20-10-3-4-16(20)13-21/h2,5-8,16H,1,3-4,9-13H2,(H,19,22)/t16-/m1/s1. The Hall–Kier alpha value is -2.14. The highest BCUT2D eigenvalue weighted by Gasteiger charge is 2.32. The van der Waals surface area contributed by atoms with E-state index < -0.39 is 0 Å². The minimum absolute atomic E-state index is 0.0644. The largest absolute Gasteiger partial charge is 0.349 e. The van der Waals surface area contributed by atoms with Gasteiger partial charge < -0.3 is 10.2 Å². The van der Waals surface area contributed by atoms with Gasteiger partial charge >= 0.3 is 0 Å². The molecule has 2 aliphatic heterocycles. The highest BCUT2D eigenvalue weighted by Crippen LogP contribution is 2.22. The molecule has 0 radical (unpaired) electrons. The maximum absolute atomic E-state index is 12.6. The third-order valence-electron chi connectivity index (χ3n) is 4.68. The molecule has 5 heteroatoms. The van der Waals surface area contributed by atoms with Crippen molar-refractivity contribution in [3.63, 3.8) is 0 Å². The molecule has 1 N–H and O–H groups in total. The van der Waals surface area contributed by atoms with Crippen molar-refractivity contribution in [1.29, 1.82) is 0 Å². The Morgan fingerprint density at radius 1 is 1.17 bits per heavy atom. The molecule has 1 atom stereocenters. The Morgan fingerprint density at radius 2 is 1.91 bits per heavy atom. The minimum atomic E-state index is -0.150. The summed E-state index contributed by atoms with van der Waals surface area (Å²) in [5.41, 5.74) is 1.21. The van der Waals surface area contributed by atoms with Crippen molar-refractivity contribution < 1.29 is 9.59 Å². The monoisotopic (exact) mass is 313 g/mol. The van der Waals surface area contributed by atoms with Crippen molar-refractivity contribution in [1.82, 2.24) is 15.1 Å². The second kappa shape index (κ2) is 6.96. The minimum Gasteiger partial charge on any atom is -0.349 e. The van der Waals surface area contributed by atoms with Gasteiger partial charge in [0.2, 0.25) is 0 Å². The van der Waals surface area contributed by atoms with E-state index in [2.05, 4.69) is 16.8 Å². The van der Waals surface area contributed by atoms with Crippen LogP contribution < -0.4 is 5.32 Å². The van der Waals surface area contributed by atoms with Gasteiger partial charge in [-0.25, -0.2) is 0 Å². The van der Waals surface area contributed by atoms with E-state index in [1.165, 1.54) is 19.4 Å². The van der Waals surface area contributed by atoms with Crippen molar-refractivity contribution in [2.45, 2.75) is 18.9 Å². The molecule has 1 aromatic rings. The molecule has 23 heavy (non-hydrogen) atoms. The van der Waals surface area contributed by atoms with Crippen LogP contribution in [0.4, 0.5) is 0 Å². The zero-order chi connectivity index (χ0) is 16.2. The Kier molecular flexibility index (Phi) is 4.76. The van der Waals surface area contributed by atoms with Crippen LogP contribution in [-0.2, 0) is 0 Å². The Morgan fingerprint density at radius 3 is 2.65 bits per heavy atom. The molecule has 122 valence electrons. The summed E-state index contributed by atoms with van der Waals surface area (Å²) < 4.78 is 0. The van der Waals surface area contributed by atoms with E-state index in [4.69, 9.17) is 0 Å². The molecule has 0 aromatic heterocycles. The lowest BCUT2D eigenvalue weighted by atomic mass is 10.1. The summed E-state index contributed by atoms with van der Waals surface area (Å²) in [6, 6.07) is 7.42. The van der Waals surface area contributed by atoms with E-state index in [0.717, 1.165) is 19.6 Å². The highest BCUT2D eigenvalue weighted by molar-refractivity contribution is 5.97. The number of carbonyl (C=O) groups is 2. The lowest BCUT2D eigenvalue weighted by molar-refractivity contribution is 0.0571. The van der Waals surface area contributed by atoms with Crippen molar-refractivity contribution in [2.24, 2.45) is 0 Å². The molecule has 0 unspecified atom stereocenters. The van der Waals surface area contributed by atoms with Gasteiger partial charge in [-0.15, -0.1) is 6.58 Å². The summed E-state index contributed by atoms with van der Waals surface area (Å²) in [5.74, 6) is -0.0851.